The molecule has 0 aliphatic carbocycles. The average Bonchev–Trinajstić information content (AvgIpc) is 2.41. The smallest absolute Gasteiger partial charge is 0.219 e. The summed E-state index contributed by atoms with van der Waals surface area (Å²) in [6.07, 6.45) is 0.873. The van der Waals surface area contributed by atoms with Crippen LogP contribution in [0.1, 0.15) is 23.7 Å². The van der Waals surface area contributed by atoms with Gasteiger partial charge in [0.2, 0.25) is 5.88 Å². The van der Waals surface area contributed by atoms with Crippen molar-refractivity contribution in [2.45, 2.75) is 26.8 Å². The maximum absolute atomic E-state index is 5.75. The Morgan fingerprint density at radius 1 is 1.17 bits per heavy atom. The number of nitrogens with two attached hydrogens (primary N) is 1. The third kappa shape index (κ3) is 3.08. The van der Waals surface area contributed by atoms with E-state index in [0.717, 1.165) is 23.4 Å². The molecule has 2 aromatic rings. The van der Waals surface area contributed by atoms with Crippen molar-refractivity contribution in [3.8, 4) is 11.6 Å². The molecular formula is C15H18N2O. The molecule has 1 heterocycles. The van der Waals surface area contributed by atoms with Crippen LogP contribution >= 0.6 is 0 Å². The van der Waals surface area contributed by atoms with Crippen molar-refractivity contribution >= 4 is 0 Å². The fourth-order valence-electron chi connectivity index (χ4n) is 1.70. The summed E-state index contributed by atoms with van der Waals surface area (Å²) in [6.45, 7) is 4.62. The summed E-state index contributed by atoms with van der Waals surface area (Å²) in [5.74, 6) is 1.41. The number of nitrogens with zero attached hydrogens (tertiary/aromatic N) is 1. The SMILES string of the molecule is CCc1cc(CN)cc(Oc2ccc(C)cc2)n1. The number of aryl methyl sites for hydroxylation is 2. The Balaban J connectivity index is 2.25. The highest BCUT2D eigenvalue weighted by Gasteiger charge is 2.03. The van der Waals surface area contributed by atoms with Crippen molar-refractivity contribution < 1.29 is 4.74 Å². The minimum Gasteiger partial charge on any atom is -0.439 e. The van der Waals surface area contributed by atoms with E-state index in [-0.39, 0.29) is 0 Å². The first kappa shape index (κ1) is 12.6. The molecule has 18 heavy (non-hydrogen) atoms. The molecule has 1 aromatic heterocycles. The molecule has 3 heteroatoms. The zero-order chi connectivity index (χ0) is 13.0. The van der Waals surface area contributed by atoms with Gasteiger partial charge in [0, 0.05) is 18.3 Å². The number of ether oxygens (including phenoxy) is 1. The highest BCUT2D eigenvalue weighted by Crippen LogP contribution is 2.21. The van der Waals surface area contributed by atoms with Gasteiger partial charge in [0.05, 0.1) is 0 Å². The average molecular weight is 242 g/mol. The van der Waals surface area contributed by atoms with E-state index in [9.17, 15) is 0 Å². The lowest BCUT2D eigenvalue weighted by Gasteiger charge is -2.08. The standard InChI is InChI=1S/C15H18N2O/c1-3-13-8-12(10-16)9-15(17-13)18-14-6-4-11(2)5-7-14/h4-9H,3,10,16H2,1-2H3. The number of hydrogen-bond acceptors (Lipinski definition) is 3. The molecule has 0 amide bonds. The topological polar surface area (TPSA) is 48.1 Å². The lowest BCUT2D eigenvalue weighted by molar-refractivity contribution is 0.460. The molecule has 0 unspecified atom stereocenters. The van der Waals surface area contributed by atoms with Gasteiger partial charge in [-0.2, -0.15) is 0 Å². The maximum Gasteiger partial charge on any atom is 0.219 e. The van der Waals surface area contributed by atoms with Crippen LogP contribution in [0.5, 0.6) is 11.6 Å². The van der Waals surface area contributed by atoms with Crippen LogP contribution in [0.2, 0.25) is 0 Å². The Hall–Kier alpha value is -1.87. The van der Waals surface area contributed by atoms with Gasteiger partial charge < -0.3 is 10.5 Å². The van der Waals surface area contributed by atoms with E-state index in [4.69, 9.17) is 10.5 Å². The summed E-state index contributed by atoms with van der Waals surface area (Å²) >= 11 is 0. The predicted molar refractivity (Wildman–Crippen MR) is 72.8 cm³/mol. The highest BCUT2D eigenvalue weighted by atomic mass is 16.5. The van der Waals surface area contributed by atoms with Crippen LogP contribution < -0.4 is 10.5 Å². The molecule has 3 nitrogen and oxygen atoms in total. The second-order valence-corrected chi connectivity index (χ2v) is 4.28. The molecule has 0 fully saturated rings. The van der Waals surface area contributed by atoms with E-state index < -0.39 is 0 Å². The van der Waals surface area contributed by atoms with E-state index in [2.05, 4.69) is 11.9 Å². The van der Waals surface area contributed by atoms with E-state index in [1.54, 1.807) is 0 Å². The molecule has 94 valence electrons. The van der Waals surface area contributed by atoms with E-state index in [0.29, 0.717) is 12.4 Å². The summed E-state index contributed by atoms with van der Waals surface area (Å²) < 4.78 is 5.75. The second-order valence-electron chi connectivity index (χ2n) is 4.28. The van der Waals surface area contributed by atoms with Crippen molar-refractivity contribution in [3.05, 3.63) is 53.2 Å². The molecule has 2 N–H and O–H groups in total. The fourth-order valence-corrected chi connectivity index (χ4v) is 1.70. The third-order valence-corrected chi connectivity index (χ3v) is 2.76. The predicted octanol–water partition coefficient (Wildman–Crippen LogP) is 3.20. The van der Waals surface area contributed by atoms with Crippen molar-refractivity contribution in [2.24, 2.45) is 5.73 Å². The van der Waals surface area contributed by atoms with Crippen molar-refractivity contribution in [1.82, 2.24) is 4.98 Å². The number of benzene rings is 1. The van der Waals surface area contributed by atoms with Gasteiger partial charge in [0.25, 0.3) is 0 Å². The minimum atomic E-state index is 0.500. The van der Waals surface area contributed by atoms with E-state index >= 15 is 0 Å². The van der Waals surface area contributed by atoms with Crippen LogP contribution in [-0.4, -0.2) is 4.98 Å². The van der Waals surface area contributed by atoms with Gasteiger partial charge in [-0.05, 0) is 37.1 Å². The molecule has 2 rings (SSSR count). The van der Waals surface area contributed by atoms with Gasteiger partial charge >= 0.3 is 0 Å². The Labute approximate surface area is 108 Å². The summed E-state index contributed by atoms with van der Waals surface area (Å²) in [6, 6.07) is 11.8. The lowest BCUT2D eigenvalue weighted by atomic mass is 10.2. The molecule has 0 spiro atoms. The van der Waals surface area contributed by atoms with Crippen molar-refractivity contribution in [1.29, 1.82) is 0 Å². The Kier molecular flexibility index (Phi) is 3.95. The first-order chi connectivity index (χ1) is 8.71. The fraction of sp³-hybridized carbons (Fsp3) is 0.267. The number of aromatic nitrogens is 1. The van der Waals surface area contributed by atoms with Crippen molar-refractivity contribution in [3.63, 3.8) is 0 Å². The molecule has 0 saturated carbocycles. The van der Waals surface area contributed by atoms with E-state index in [1.165, 1.54) is 5.56 Å². The molecule has 1 aromatic carbocycles. The molecular weight excluding hydrogens is 224 g/mol. The molecule has 0 atom stereocenters. The summed E-state index contributed by atoms with van der Waals surface area (Å²) in [5, 5.41) is 0. The summed E-state index contributed by atoms with van der Waals surface area (Å²) in [4.78, 5) is 4.44. The number of hydrogen-bond donors (Lipinski definition) is 1. The molecule has 0 radical (unpaired) electrons. The van der Waals surface area contributed by atoms with Crippen LogP contribution in [0, 0.1) is 6.92 Å². The van der Waals surface area contributed by atoms with Gasteiger partial charge in [-0.15, -0.1) is 0 Å². The van der Waals surface area contributed by atoms with Crippen LogP contribution in [0.3, 0.4) is 0 Å². The first-order valence-corrected chi connectivity index (χ1v) is 6.15. The normalized spacial score (nSPS) is 10.4. The molecule has 0 aliphatic heterocycles. The zero-order valence-corrected chi connectivity index (χ0v) is 10.8. The van der Waals surface area contributed by atoms with Crippen LogP contribution in [0.15, 0.2) is 36.4 Å². The summed E-state index contributed by atoms with van der Waals surface area (Å²) in [5.41, 5.74) is 8.93. The molecule has 0 saturated heterocycles. The third-order valence-electron chi connectivity index (χ3n) is 2.76. The lowest BCUT2D eigenvalue weighted by Crippen LogP contribution is -2.00. The van der Waals surface area contributed by atoms with E-state index in [1.807, 2.05) is 43.3 Å². The van der Waals surface area contributed by atoms with Crippen LogP contribution in [0.4, 0.5) is 0 Å². The van der Waals surface area contributed by atoms with Gasteiger partial charge in [0.1, 0.15) is 5.75 Å². The van der Waals surface area contributed by atoms with Gasteiger partial charge in [-0.1, -0.05) is 24.6 Å². The maximum atomic E-state index is 5.75. The van der Waals surface area contributed by atoms with Gasteiger partial charge in [0.15, 0.2) is 0 Å². The minimum absolute atomic E-state index is 0.500. The zero-order valence-electron chi connectivity index (χ0n) is 10.8. The highest BCUT2D eigenvalue weighted by molar-refractivity contribution is 5.32. The molecule has 0 bridgehead atoms. The number of pyridine rings is 1. The van der Waals surface area contributed by atoms with Gasteiger partial charge in [-0.3, -0.25) is 0 Å². The van der Waals surface area contributed by atoms with Crippen LogP contribution in [0.25, 0.3) is 0 Å². The monoisotopic (exact) mass is 242 g/mol. The second kappa shape index (κ2) is 5.65. The Morgan fingerprint density at radius 2 is 1.89 bits per heavy atom. The number of rotatable bonds is 4. The Bertz CT molecular complexity index is 498. The largest absolute Gasteiger partial charge is 0.439 e. The molecule has 0 aliphatic rings. The van der Waals surface area contributed by atoms with Crippen molar-refractivity contribution in [2.75, 3.05) is 0 Å². The quantitative estimate of drug-likeness (QED) is 0.895. The first-order valence-electron chi connectivity index (χ1n) is 6.15. The Morgan fingerprint density at radius 3 is 2.50 bits per heavy atom. The summed E-state index contributed by atoms with van der Waals surface area (Å²) in [7, 11) is 0. The van der Waals surface area contributed by atoms with Crippen LogP contribution in [-0.2, 0) is 13.0 Å². The van der Waals surface area contributed by atoms with Gasteiger partial charge in [-0.25, -0.2) is 4.98 Å².